The van der Waals surface area contributed by atoms with Gasteiger partial charge >= 0.3 is 0 Å². The highest BCUT2D eigenvalue weighted by Crippen LogP contribution is 2.36. The van der Waals surface area contributed by atoms with E-state index in [2.05, 4.69) is 95.1 Å². The Bertz CT molecular complexity index is 1680. The Kier molecular flexibility index (Phi) is 4.51. The maximum absolute atomic E-state index is 8.50. The minimum Gasteiger partial charge on any atom is -0.294 e. The normalized spacial score (nSPS) is 12.2. The van der Waals surface area contributed by atoms with Crippen LogP contribution in [0.3, 0.4) is 0 Å². The highest BCUT2D eigenvalue weighted by Gasteiger charge is 2.24. The molecule has 3 aromatic heterocycles. The van der Waals surface area contributed by atoms with Crippen molar-refractivity contribution in [3.8, 4) is 16.9 Å². The molecule has 3 heterocycles. The summed E-state index contributed by atoms with van der Waals surface area (Å²) < 4.78 is 10.6. The number of fused-ring (bicyclic) bond motifs is 3. The average molecular weight is 441 g/mol. The summed E-state index contributed by atoms with van der Waals surface area (Å²) in [5.41, 5.74) is 6.42. The van der Waals surface area contributed by atoms with E-state index in [9.17, 15) is 0 Å². The molecule has 3 aromatic carbocycles. The molecule has 0 aliphatic carbocycles. The number of pyridine rings is 2. The van der Waals surface area contributed by atoms with Crippen LogP contribution in [-0.2, 0) is 5.41 Å². The molecule has 0 N–H and O–H groups in total. The summed E-state index contributed by atoms with van der Waals surface area (Å²) in [7, 11) is 0. The molecule has 0 spiro atoms. The van der Waals surface area contributed by atoms with Crippen molar-refractivity contribution in [1.29, 1.82) is 0 Å². The lowest BCUT2D eigenvalue weighted by Gasteiger charge is -2.25. The number of hydrogen-bond donors (Lipinski definition) is 0. The van der Waals surface area contributed by atoms with Crippen LogP contribution in [0.2, 0.25) is 0 Å². The molecule has 0 saturated heterocycles. The van der Waals surface area contributed by atoms with E-state index < -0.39 is 0 Å². The van der Waals surface area contributed by atoms with E-state index >= 15 is 0 Å². The van der Waals surface area contributed by atoms with Crippen LogP contribution >= 0.6 is 0 Å². The molecule has 0 bridgehead atoms. The van der Waals surface area contributed by atoms with Crippen LogP contribution in [-0.4, -0.2) is 14.5 Å². The molecule has 0 radical (unpaired) electrons. The van der Waals surface area contributed by atoms with E-state index in [0.717, 1.165) is 38.6 Å². The summed E-state index contributed by atoms with van der Waals surface area (Å²) in [6.45, 7) is 4.43. The van der Waals surface area contributed by atoms with Gasteiger partial charge in [-0.2, -0.15) is 0 Å². The summed E-state index contributed by atoms with van der Waals surface area (Å²) in [5.74, 6) is 0.640. The second-order valence-corrected chi connectivity index (χ2v) is 9.11. The van der Waals surface area contributed by atoms with Gasteiger partial charge in [0.05, 0.1) is 18.1 Å². The first-order valence-electron chi connectivity index (χ1n) is 12.0. The quantitative estimate of drug-likeness (QED) is 0.283. The first-order chi connectivity index (χ1) is 17.0. The number of rotatable bonds is 4. The van der Waals surface area contributed by atoms with Gasteiger partial charge in [0.15, 0.2) is 0 Å². The first kappa shape index (κ1) is 19.2. The Morgan fingerprint density at radius 2 is 1.44 bits per heavy atom. The average Bonchev–Trinajstić information content (AvgIpc) is 3.23. The van der Waals surface area contributed by atoms with Gasteiger partial charge in [0.2, 0.25) is 0 Å². The fourth-order valence-corrected chi connectivity index (χ4v) is 4.79. The molecule has 0 amide bonds. The SMILES string of the molecule is [2H]c1cccnc1-n1c2ccccc2c2ccc(-c3cccc(C(C)(C)c4ccccn4)c3)cc21. The first-order valence-corrected chi connectivity index (χ1v) is 11.5. The van der Waals surface area contributed by atoms with Crippen molar-refractivity contribution in [3.05, 3.63) is 127 Å². The van der Waals surface area contributed by atoms with Gasteiger partial charge < -0.3 is 0 Å². The minimum absolute atomic E-state index is 0.218. The van der Waals surface area contributed by atoms with Crippen LogP contribution < -0.4 is 0 Å². The molecular weight excluding hydrogens is 414 g/mol. The van der Waals surface area contributed by atoms with Crippen molar-refractivity contribution in [2.75, 3.05) is 0 Å². The summed E-state index contributed by atoms with van der Waals surface area (Å²) in [6, 6.07) is 33.7. The molecule has 34 heavy (non-hydrogen) atoms. The maximum Gasteiger partial charge on any atom is 0.137 e. The third-order valence-electron chi connectivity index (χ3n) is 6.70. The van der Waals surface area contributed by atoms with Crippen LogP contribution in [0.1, 0.15) is 26.5 Å². The number of aromatic nitrogens is 3. The molecule has 3 heteroatoms. The predicted octanol–water partition coefficient (Wildman–Crippen LogP) is 7.57. The van der Waals surface area contributed by atoms with Gasteiger partial charge in [-0.25, -0.2) is 4.98 Å². The lowest BCUT2D eigenvalue weighted by Crippen LogP contribution is -2.20. The van der Waals surface area contributed by atoms with Crippen molar-refractivity contribution in [3.63, 3.8) is 0 Å². The van der Waals surface area contributed by atoms with E-state index in [1.165, 1.54) is 5.56 Å². The highest BCUT2D eigenvalue weighted by molar-refractivity contribution is 6.10. The molecule has 6 aromatic rings. The van der Waals surface area contributed by atoms with Crippen LogP contribution in [0.25, 0.3) is 38.8 Å². The van der Waals surface area contributed by atoms with E-state index in [-0.39, 0.29) is 5.41 Å². The Balaban J connectivity index is 1.55. The molecule has 0 aliphatic rings. The van der Waals surface area contributed by atoms with Gasteiger partial charge in [-0.1, -0.05) is 80.6 Å². The predicted molar refractivity (Wildman–Crippen MR) is 140 cm³/mol. The van der Waals surface area contributed by atoms with E-state index in [1.54, 1.807) is 18.3 Å². The zero-order valence-electron chi connectivity index (χ0n) is 20.2. The Morgan fingerprint density at radius 3 is 2.29 bits per heavy atom. The molecule has 0 unspecified atom stereocenters. The van der Waals surface area contributed by atoms with Gasteiger partial charge in [-0.3, -0.25) is 9.55 Å². The molecule has 3 nitrogen and oxygen atoms in total. The molecule has 0 aliphatic heterocycles. The van der Waals surface area contributed by atoms with E-state index in [1.807, 2.05) is 24.4 Å². The maximum atomic E-state index is 8.50. The Labute approximate surface area is 200 Å². The number of hydrogen-bond acceptors (Lipinski definition) is 2. The van der Waals surface area contributed by atoms with Crippen LogP contribution in [0, 0.1) is 0 Å². The van der Waals surface area contributed by atoms with Gasteiger partial charge in [-0.05, 0) is 53.1 Å². The summed E-state index contributed by atoms with van der Waals surface area (Å²) >= 11 is 0. The third-order valence-corrected chi connectivity index (χ3v) is 6.70. The number of para-hydroxylation sites is 1. The smallest absolute Gasteiger partial charge is 0.137 e. The van der Waals surface area contributed by atoms with E-state index in [0.29, 0.717) is 11.9 Å². The van der Waals surface area contributed by atoms with Crippen molar-refractivity contribution >= 4 is 21.8 Å². The molecule has 0 saturated carbocycles. The van der Waals surface area contributed by atoms with E-state index in [4.69, 9.17) is 1.37 Å². The van der Waals surface area contributed by atoms with Crippen molar-refractivity contribution in [2.24, 2.45) is 0 Å². The fraction of sp³-hybridized carbons (Fsp3) is 0.0968. The summed E-state index contributed by atoms with van der Waals surface area (Å²) in [5, 5.41) is 2.31. The summed E-state index contributed by atoms with van der Waals surface area (Å²) in [4.78, 5) is 9.19. The Hall–Kier alpha value is -4.24. The van der Waals surface area contributed by atoms with Crippen molar-refractivity contribution in [2.45, 2.75) is 19.3 Å². The number of nitrogens with zero attached hydrogens (tertiary/aromatic N) is 3. The molecule has 164 valence electrons. The molecular formula is C31H25N3. The lowest BCUT2D eigenvalue weighted by molar-refractivity contribution is 0.617. The van der Waals surface area contributed by atoms with Crippen LogP contribution in [0.5, 0.6) is 0 Å². The minimum atomic E-state index is -0.218. The standard InChI is InChI=1S/C31H25N3/c1-31(2,29-14-5-7-18-32-29)24-11-9-10-22(20-24)23-16-17-26-25-12-3-4-13-27(25)34(28(26)21-23)30-15-6-8-19-33-30/h3-21H,1-2H3/i15D. The van der Waals surface area contributed by atoms with Gasteiger partial charge in [-0.15, -0.1) is 0 Å². The number of benzene rings is 3. The van der Waals surface area contributed by atoms with Crippen molar-refractivity contribution in [1.82, 2.24) is 14.5 Å². The fourth-order valence-electron chi connectivity index (χ4n) is 4.79. The lowest BCUT2D eigenvalue weighted by atomic mass is 9.80. The van der Waals surface area contributed by atoms with Crippen LogP contribution in [0.15, 0.2) is 115 Å². The molecule has 6 rings (SSSR count). The monoisotopic (exact) mass is 440 g/mol. The molecule has 0 atom stereocenters. The van der Waals surface area contributed by atoms with Crippen LogP contribution in [0.4, 0.5) is 0 Å². The van der Waals surface area contributed by atoms with Gasteiger partial charge in [0.25, 0.3) is 0 Å². The summed E-state index contributed by atoms with van der Waals surface area (Å²) in [6.07, 6.45) is 3.60. The highest BCUT2D eigenvalue weighted by atomic mass is 15.1. The topological polar surface area (TPSA) is 30.7 Å². The van der Waals surface area contributed by atoms with Gasteiger partial charge in [0, 0.05) is 28.6 Å². The second kappa shape index (κ2) is 7.96. The molecule has 0 fully saturated rings. The van der Waals surface area contributed by atoms with Crippen molar-refractivity contribution < 1.29 is 1.37 Å². The second-order valence-electron chi connectivity index (χ2n) is 9.11. The zero-order chi connectivity index (χ0) is 24.0. The van der Waals surface area contributed by atoms with Gasteiger partial charge in [0.1, 0.15) is 5.82 Å². The largest absolute Gasteiger partial charge is 0.294 e. The third kappa shape index (κ3) is 3.29. The zero-order valence-corrected chi connectivity index (χ0v) is 19.2. The Morgan fingerprint density at radius 1 is 0.676 bits per heavy atom.